The van der Waals surface area contributed by atoms with Crippen molar-refractivity contribution in [2.45, 2.75) is 65.2 Å². The smallest absolute Gasteiger partial charge is 0.410 e. The first-order valence-corrected chi connectivity index (χ1v) is 20.6. The Balaban J connectivity index is 1.17. The molecule has 2 fully saturated rings. The third kappa shape index (κ3) is 13.5. The minimum absolute atomic E-state index is 0.0148. The van der Waals surface area contributed by atoms with Crippen LogP contribution in [0, 0.1) is 5.92 Å². The van der Waals surface area contributed by atoms with E-state index in [0.717, 1.165) is 41.8 Å². The van der Waals surface area contributed by atoms with Gasteiger partial charge >= 0.3 is 6.09 Å². The maximum absolute atomic E-state index is 14.3. The Morgan fingerprint density at radius 2 is 1.52 bits per heavy atom. The summed E-state index contributed by atoms with van der Waals surface area (Å²) in [4.78, 5) is 52.3. The SMILES string of the molecule is CC(C)(C)OC(=O)N1CCN(C(=O)C(C)(C)Oc2cccc(N3CCC[C@@H](C(=O)N(CCOCCOCCOCCO)Cc4ccc(C5=CCN=C5)cc4)C3)c2)CC1. The Bertz CT molecular complexity index is 1700. The highest BCUT2D eigenvalue weighted by molar-refractivity contribution is 6.11. The van der Waals surface area contributed by atoms with Gasteiger partial charge in [-0.1, -0.05) is 36.4 Å². The fourth-order valence-electron chi connectivity index (χ4n) is 7.17. The molecule has 3 amide bonds. The van der Waals surface area contributed by atoms with Crippen LogP contribution in [0.3, 0.4) is 0 Å². The Hall–Kier alpha value is -4.50. The monoisotopic (exact) mass is 805 g/mol. The van der Waals surface area contributed by atoms with E-state index in [4.69, 9.17) is 28.8 Å². The molecule has 0 radical (unpaired) electrons. The zero-order valence-electron chi connectivity index (χ0n) is 35.0. The summed E-state index contributed by atoms with van der Waals surface area (Å²) in [6.07, 6.45) is 5.26. The molecule has 0 saturated carbocycles. The quantitative estimate of drug-likeness (QED) is 0.199. The van der Waals surface area contributed by atoms with Crippen LogP contribution < -0.4 is 9.64 Å². The predicted octanol–water partition coefficient (Wildman–Crippen LogP) is 4.68. The van der Waals surface area contributed by atoms with Crippen molar-refractivity contribution in [1.82, 2.24) is 14.7 Å². The number of aliphatic imine (C=N–C) groups is 1. The van der Waals surface area contributed by atoms with Gasteiger partial charge in [0.1, 0.15) is 11.4 Å². The van der Waals surface area contributed by atoms with Crippen LogP contribution in [0.15, 0.2) is 59.6 Å². The summed E-state index contributed by atoms with van der Waals surface area (Å²) in [6, 6.07) is 16.0. The van der Waals surface area contributed by atoms with Crippen LogP contribution >= 0.6 is 0 Å². The Labute approximate surface area is 343 Å². The molecule has 14 heteroatoms. The van der Waals surface area contributed by atoms with Gasteiger partial charge in [-0.05, 0) is 76.3 Å². The summed E-state index contributed by atoms with van der Waals surface area (Å²) in [6.45, 7) is 15.9. The van der Waals surface area contributed by atoms with Crippen LogP contribution in [0.25, 0.3) is 5.57 Å². The van der Waals surface area contributed by atoms with E-state index in [-0.39, 0.29) is 30.4 Å². The van der Waals surface area contributed by atoms with Crippen molar-refractivity contribution in [2.75, 3.05) is 104 Å². The molecule has 14 nitrogen and oxygen atoms in total. The van der Waals surface area contributed by atoms with E-state index in [1.165, 1.54) is 0 Å². The van der Waals surface area contributed by atoms with E-state index in [2.05, 4.69) is 40.2 Å². The first-order chi connectivity index (χ1) is 27.8. The van der Waals surface area contributed by atoms with E-state index in [1.54, 1.807) is 23.6 Å². The molecule has 58 heavy (non-hydrogen) atoms. The molecule has 318 valence electrons. The van der Waals surface area contributed by atoms with Crippen LogP contribution in [0.4, 0.5) is 10.5 Å². The number of amides is 3. The van der Waals surface area contributed by atoms with Gasteiger partial charge in [0.05, 0.1) is 58.7 Å². The molecule has 3 heterocycles. The fourth-order valence-corrected chi connectivity index (χ4v) is 7.17. The second-order valence-corrected chi connectivity index (χ2v) is 16.3. The van der Waals surface area contributed by atoms with Gasteiger partial charge in [0.15, 0.2) is 5.60 Å². The molecule has 0 bridgehead atoms. The number of hydrogen-bond acceptors (Lipinski definition) is 11. The summed E-state index contributed by atoms with van der Waals surface area (Å²) in [7, 11) is 0. The average Bonchev–Trinajstić information content (AvgIpc) is 3.76. The highest BCUT2D eigenvalue weighted by atomic mass is 16.6. The van der Waals surface area contributed by atoms with Crippen molar-refractivity contribution < 1.29 is 43.2 Å². The summed E-state index contributed by atoms with van der Waals surface area (Å²) in [5.41, 5.74) is 2.46. The van der Waals surface area contributed by atoms with Gasteiger partial charge in [0, 0.05) is 70.3 Å². The number of piperidine rings is 1. The maximum atomic E-state index is 14.3. The zero-order chi connectivity index (χ0) is 41.5. The number of carbonyl (C=O) groups excluding carboxylic acids is 3. The highest BCUT2D eigenvalue weighted by Crippen LogP contribution is 2.30. The van der Waals surface area contributed by atoms with Gasteiger partial charge in [0.2, 0.25) is 5.91 Å². The molecular formula is C44H63N5O9. The van der Waals surface area contributed by atoms with Gasteiger partial charge < -0.3 is 48.4 Å². The van der Waals surface area contributed by atoms with Crippen molar-refractivity contribution in [1.29, 1.82) is 0 Å². The third-order valence-corrected chi connectivity index (χ3v) is 10.2. The predicted molar refractivity (Wildman–Crippen MR) is 223 cm³/mol. The lowest BCUT2D eigenvalue weighted by atomic mass is 9.95. The fraction of sp³-hybridized carbons (Fsp3) is 0.591. The zero-order valence-corrected chi connectivity index (χ0v) is 35.0. The molecule has 2 aromatic rings. The number of allylic oxidation sites excluding steroid dienone is 1. The molecular weight excluding hydrogens is 743 g/mol. The molecule has 0 aliphatic carbocycles. The highest BCUT2D eigenvalue weighted by Gasteiger charge is 2.37. The maximum Gasteiger partial charge on any atom is 0.410 e. The summed E-state index contributed by atoms with van der Waals surface area (Å²) in [5, 5.41) is 8.83. The summed E-state index contributed by atoms with van der Waals surface area (Å²) >= 11 is 0. The van der Waals surface area contributed by atoms with E-state index >= 15 is 0 Å². The first kappa shape index (κ1) is 44.6. The minimum atomic E-state index is -1.14. The third-order valence-electron chi connectivity index (χ3n) is 10.2. The molecule has 1 N–H and O–H groups in total. The topological polar surface area (TPSA) is 143 Å². The number of rotatable bonds is 19. The van der Waals surface area contributed by atoms with Gasteiger partial charge in [0.25, 0.3) is 5.91 Å². The normalized spacial score (nSPS) is 17.3. The molecule has 0 spiro atoms. The van der Waals surface area contributed by atoms with E-state index in [1.807, 2.05) is 56.2 Å². The Kier molecular flexibility index (Phi) is 16.5. The van der Waals surface area contributed by atoms with Crippen molar-refractivity contribution in [3.05, 3.63) is 65.7 Å². The molecule has 0 aromatic heterocycles. The van der Waals surface area contributed by atoms with Crippen LogP contribution in [0.2, 0.25) is 0 Å². The van der Waals surface area contributed by atoms with Crippen LogP contribution in [-0.4, -0.2) is 154 Å². The van der Waals surface area contributed by atoms with E-state index in [0.29, 0.717) is 97.7 Å². The lowest BCUT2D eigenvalue weighted by Gasteiger charge is -2.39. The van der Waals surface area contributed by atoms with Crippen molar-refractivity contribution in [3.8, 4) is 5.75 Å². The minimum Gasteiger partial charge on any atom is -0.478 e. The van der Waals surface area contributed by atoms with Crippen LogP contribution in [0.5, 0.6) is 5.75 Å². The Morgan fingerprint density at radius 3 is 2.17 bits per heavy atom. The number of nitrogens with zero attached hydrogens (tertiary/aromatic N) is 5. The van der Waals surface area contributed by atoms with Crippen LogP contribution in [0.1, 0.15) is 58.6 Å². The number of ether oxygens (including phenoxy) is 5. The summed E-state index contributed by atoms with van der Waals surface area (Å²) in [5.74, 6) is 0.299. The number of hydrogen-bond donors (Lipinski definition) is 1. The average molecular weight is 806 g/mol. The number of benzene rings is 2. The number of carbonyl (C=O) groups is 3. The molecule has 0 unspecified atom stereocenters. The number of piperazine rings is 1. The standard InChI is InChI=1S/C44H63N5O9/c1-43(2,3)58-42(53)47-20-18-46(19-21-47)41(52)44(4,5)57-39-10-6-9-38(30-39)48-17-7-8-37(33-48)40(51)49(22-24-54-26-28-56-29-27-55-25-23-50)32-34-11-13-35(14-12-34)36-15-16-45-31-36/h6,9-15,30-31,37,50H,7-8,16-29,32-33H2,1-5H3/t37-/m1/s1. The molecule has 2 aromatic carbocycles. The van der Waals surface area contributed by atoms with Gasteiger partial charge in [-0.25, -0.2) is 4.79 Å². The number of anilines is 1. The second-order valence-electron chi connectivity index (χ2n) is 16.3. The van der Waals surface area contributed by atoms with Crippen molar-refractivity contribution in [2.24, 2.45) is 10.9 Å². The molecule has 3 aliphatic heterocycles. The largest absolute Gasteiger partial charge is 0.478 e. The number of aliphatic hydroxyl groups is 1. The van der Waals surface area contributed by atoms with Crippen molar-refractivity contribution >= 4 is 35.4 Å². The Morgan fingerprint density at radius 1 is 0.845 bits per heavy atom. The lowest BCUT2D eigenvalue weighted by Crippen LogP contribution is -2.57. The van der Waals surface area contributed by atoms with E-state index < -0.39 is 11.2 Å². The van der Waals surface area contributed by atoms with Crippen LogP contribution in [-0.2, 0) is 35.1 Å². The van der Waals surface area contributed by atoms with E-state index in [9.17, 15) is 14.4 Å². The summed E-state index contributed by atoms with van der Waals surface area (Å²) < 4.78 is 28.5. The second kappa shape index (κ2) is 21.5. The first-order valence-electron chi connectivity index (χ1n) is 20.6. The lowest BCUT2D eigenvalue weighted by molar-refractivity contribution is -0.147. The van der Waals surface area contributed by atoms with Gasteiger partial charge in [-0.3, -0.25) is 14.6 Å². The number of aliphatic hydroxyl groups excluding tert-OH is 1. The van der Waals surface area contributed by atoms with Gasteiger partial charge in [-0.2, -0.15) is 0 Å². The van der Waals surface area contributed by atoms with Gasteiger partial charge in [-0.15, -0.1) is 0 Å². The molecule has 2 saturated heterocycles. The molecule has 3 aliphatic rings. The molecule has 1 atom stereocenters. The van der Waals surface area contributed by atoms with Crippen molar-refractivity contribution in [3.63, 3.8) is 0 Å². The molecule has 5 rings (SSSR count).